The number of ether oxygens (including phenoxy) is 1. The molecule has 0 bridgehead atoms. The van der Waals surface area contributed by atoms with E-state index in [-0.39, 0.29) is 11.7 Å². The molecule has 18 heavy (non-hydrogen) atoms. The highest BCUT2D eigenvalue weighted by Gasteiger charge is 2.17. The summed E-state index contributed by atoms with van der Waals surface area (Å²) in [6, 6.07) is 11.3. The van der Waals surface area contributed by atoms with Gasteiger partial charge in [0.15, 0.2) is 0 Å². The Morgan fingerprint density at radius 3 is 2.50 bits per heavy atom. The summed E-state index contributed by atoms with van der Waals surface area (Å²) in [5.41, 5.74) is 0.889. The highest BCUT2D eigenvalue weighted by Crippen LogP contribution is 2.27. The maximum absolute atomic E-state index is 8.78. The number of para-hydroxylation sites is 1. The van der Waals surface area contributed by atoms with Crippen LogP contribution in [0.2, 0.25) is 0 Å². The van der Waals surface area contributed by atoms with Crippen molar-refractivity contribution < 1.29 is 4.74 Å². The van der Waals surface area contributed by atoms with Gasteiger partial charge in [-0.05, 0) is 37.8 Å². The monoisotopic (exact) mass is 238 g/mol. The molecule has 0 heterocycles. The number of hydrogen-bond acceptors (Lipinski definition) is 3. The third-order valence-electron chi connectivity index (χ3n) is 3.06. The molecule has 0 spiro atoms. The van der Waals surface area contributed by atoms with E-state index in [4.69, 9.17) is 15.3 Å². The molecule has 0 saturated heterocycles. The van der Waals surface area contributed by atoms with Gasteiger partial charge in [0, 0.05) is 5.56 Å². The molecular formula is C15H14N2O. The molecule has 0 amide bonds. The minimum Gasteiger partial charge on any atom is -0.490 e. The maximum Gasteiger partial charge on any atom is 0.130 e. The van der Waals surface area contributed by atoms with E-state index in [1.165, 1.54) is 12.8 Å². The summed E-state index contributed by atoms with van der Waals surface area (Å²) in [6.07, 6.45) is 6.44. The second-order valence-electron chi connectivity index (χ2n) is 4.34. The fraction of sp³-hybridized carbons (Fsp3) is 0.333. The van der Waals surface area contributed by atoms with Gasteiger partial charge in [-0.2, -0.15) is 10.5 Å². The van der Waals surface area contributed by atoms with E-state index in [0.717, 1.165) is 24.2 Å². The molecule has 0 radical (unpaired) electrons. The van der Waals surface area contributed by atoms with Gasteiger partial charge in [0.2, 0.25) is 0 Å². The molecule has 1 aromatic carbocycles. The van der Waals surface area contributed by atoms with E-state index in [2.05, 4.69) is 0 Å². The zero-order chi connectivity index (χ0) is 12.8. The summed E-state index contributed by atoms with van der Waals surface area (Å²) in [5, 5.41) is 17.6. The van der Waals surface area contributed by atoms with Crippen LogP contribution in [-0.2, 0) is 0 Å². The predicted molar refractivity (Wildman–Crippen MR) is 68.5 cm³/mol. The number of nitriles is 2. The Morgan fingerprint density at radius 2 is 1.83 bits per heavy atom. The van der Waals surface area contributed by atoms with E-state index in [0.29, 0.717) is 0 Å². The van der Waals surface area contributed by atoms with Crippen molar-refractivity contribution in [1.82, 2.24) is 0 Å². The van der Waals surface area contributed by atoms with Gasteiger partial charge in [-0.25, -0.2) is 0 Å². The fourth-order valence-corrected chi connectivity index (χ4v) is 2.14. The molecular weight excluding hydrogens is 224 g/mol. The molecule has 1 saturated carbocycles. The van der Waals surface area contributed by atoms with Crippen LogP contribution in [0.15, 0.2) is 29.8 Å². The largest absolute Gasteiger partial charge is 0.490 e. The minimum atomic E-state index is 0.0949. The van der Waals surface area contributed by atoms with Crippen LogP contribution in [0, 0.1) is 22.7 Å². The smallest absolute Gasteiger partial charge is 0.130 e. The number of rotatable bonds is 3. The van der Waals surface area contributed by atoms with E-state index < -0.39 is 0 Å². The van der Waals surface area contributed by atoms with Crippen molar-refractivity contribution in [3.63, 3.8) is 0 Å². The maximum atomic E-state index is 8.78. The predicted octanol–water partition coefficient (Wildman–Crippen LogP) is 3.44. The Balaban J connectivity index is 2.23. The quantitative estimate of drug-likeness (QED) is 0.758. The second-order valence-corrected chi connectivity index (χ2v) is 4.34. The molecule has 0 aromatic heterocycles. The van der Waals surface area contributed by atoms with Gasteiger partial charge in [0.05, 0.1) is 6.10 Å². The van der Waals surface area contributed by atoms with E-state index in [1.807, 2.05) is 36.4 Å². The molecule has 0 N–H and O–H groups in total. The van der Waals surface area contributed by atoms with Crippen LogP contribution in [0.5, 0.6) is 5.75 Å². The first-order valence-electron chi connectivity index (χ1n) is 6.11. The average Bonchev–Trinajstić information content (AvgIpc) is 2.90. The van der Waals surface area contributed by atoms with Crippen molar-refractivity contribution >= 4 is 6.08 Å². The number of nitrogens with zero attached hydrogens (tertiary/aromatic N) is 2. The Morgan fingerprint density at radius 1 is 1.17 bits per heavy atom. The van der Waals surface area contributed by atoms with Crippen LogP contribution < -0.4 is 4.74 Å². The van der Waals surface area contributed by atoms with Crippen LogP contribution in [0.1, 0.15) is 31.2 Å². The molecule has 1 aliphatic carbocycles. The number of allylic oxidation sites excluding steroid dienone is 1. The van der Waals surface area contributed by atoms with Crippen LogP contribution in [0.25, 0.3) is 6.08 Å². The molecule has 1 fully saturated rings. The van der Waals surface area contributed by atoms with Crippen molar-refractivity contribution in [2.45, 2.75) is 31.8 Å². The molecule has 1 aromatic rings. The Bertz CT molecular complexity index is 512. The number of hydrogen-bond donors (Lipinski definition) is 0. The highest BCUT2D eigenvalue weighted by atomic mass is 16.5. The third-order valence-corrected chi connectivity index (χ3v) is 3.06. The van der Waals surface area contributed by atoms with Crippen molar-refractivity contribution in [3.8, 4) is 17.9 Å². The van der Waals surface area contributed by atoms with E-state index in [9.17, 15) is 0 Å². The lowest BCUT2D eigenvalue weighted by molar-refractivity contribution is 0.209. The van der Waals surface area contributed by atoms with Crippen molar-refractivity contribution in [2.75, 3.05) is 0 Å². The zero-order valence-electron chi connectivity index (χ0n) is 10.1. The lowest BCUT2D eigenvalue weighted by Gasteiger charge is -2.14. The molecule has 90 valence electrons. The summed E-state index contributed by atoms with van der Waals surface area (Å²) in [7, 11) is 0. The average molecular weight is 238 g/mol. The third kappa shape index (κ3) is 2.90. The fourth-order valence-electron chi connectivity index (χ4n) is 2.14. The van der Waals surface area contributed by atoms with Gasteiger partial charge in [-0.15, -0.1) is 0 Å². The SMILES string of the molecule is N#CC(C#N)=Cc1ccccc1OC1CCCC1. The van der Waals surface area contributed by atoms with Crippen LogP contribution in [-0.4, -0.2) is 6.10 Å². The first kappa shape index (κ1) is 12.2. The number of benzene rings is 1. The van der Waals surface area contributed by atoms with E-state index >= 15 is 0 Å². The Kier molecular flexibility index (Phi) is 3.99. The topological polar surface area (TPSA) is 56.8 Å². The van der Waals surface area contributed by atoms with Crippen molar-refractivity contribution in [1.29, 1.82) is 10.5 Å². The van der Waals surface area contributed by atoms with Crippen molar-refractivity contribution in [2.24, 2.45) is 0 Å². The Hall–Kier alpha value is -2.26. The summed E-state index contributed by atoms with van der Waals surface area (Å²) in [5.74, 6) is 0.757. The summed E-state index contributed by atoms with van der Waals surface area (Å²) < 4.78 is 5.93. The normalized spacial score (nSPS) is 14.6. The van der Waals surface area contributed by atoms with Gasteiger partial charge >= 0.3 is 0 Å². The molecule has 3 heteroatoms. The first-order valence-corrected chi connectivity index (χ1v) is 6.11. The molecule has 2 rings (SSSR count). The highest BCUT2D eigenvalue weighted by molar-refractivity contribution is 5.66. The van der Waals surface area contributed by atoms with Crippen LogP contribution in [0.3, 0.4) is 0 Å². The lowest BCUT2D eigenvalue weighted by Crippen LogP contribution is -2.11. The summed E-state index contributed by atoms with van der Waals surface area (Å²) in [4.78, 5) is 0. The minimum absolute atomic E-state index is 0.0949. The van der Waals surface area contributed by atoms with E-state index in [1.54, 1.807) is 6.08 Å². The summed E-state index contributed by atoms with van der Waals surface area (Å²) in [6.45, 7) is 0. The Labute approximate surface area is 107 Å². The first-order chi connectivity index (χ1) is 8.83. The van der Waals surface area contributed by atoms with Gasteiger partial charge in [0.1, 0.15) is 23.5 Å². The molecule has 3 nitrogen and oxygen atoms in total. The van der Waals surface area contributed by atoms with Gasteiger partial charge < -0.3 is 4.74 Å². The molecule has 0 atom stereocenters. The molecule has 0 unspecified atom stereocenters. The second kappa shape index (κ2) is 5.89. The van der Waals surface area contributed by atoms with Crippen molar-refractivity contribution in [3.05, 3.63) is 35.4 Å². The molecule has 1 aliphatic rings. The van der Waals surface area contributed by atoms with Crippen LogP contribution in [0.4, 0.5) is 0 Å². The lowest BCUT2D eigenvalue weighted by atomic mass is 10.1. The summed E-state index contributed by atoms with van der Waals surface area (Å²) >= 11 is 0. The molecule has 0 aliphatic heterocycles. The van der Waals surface area contributed by atoms with Crippen LogP contribution >= 0.6 is 0 Å². The zero-order valence-corrected chi connectivity index (χ0v) is 10.1. The van der Waals surface area contributed by atoms with Gasteiger partial charge in [-0.1, -0.05) is 18.2 Å². The van der Waals surface area contributed by atoms with Gasteiger partial charge in [-0.3, -0.25) is 0 Å². The standard InChI is InChI=1S/C15H14N2O/c16-10-12(11-17)9-13-5-1-4-8-15(13)18-14-6-2-3-7-14/h1,4-5,8-9,14H,2-3,6-7H2. The van der Waals surface area contributed by atoms with Gasteiger partial charge in [0.25, 0.3) is 0 Å².